The predicted octanol–water partition coefficient (Wildman–Crippen LogP) is 6.44. The van der Waals surface area contributed by atoms with Gasteiger partial charge in [0.25, 0.3) is 0 Å². The average Bonchev–Trinajstić information content (AvgIpc) is 3.63. The van der Waals surface area contributed by atoms with Crippen LogP contribution < -0.4 is 10.2 Å². The van der Waals surface area contributed by atoms with Crippen LogP contribution in [-0.2, 0) is 14.9 Å². The molecule has 9 rings (SSSR count). The van der Waals surface area contributed by atoms with Crippen molar-refractivity contribution in [2.75, 3.05) is 49.6 Å². The van der Waals surface area contributed by atoms with Crippen LogP contribution in [0.5, 0.6) is 0 Å². The molecule has 0 bridgehead atoms. The Labute approximate surface area is 293 Å². The van der Waals surface area contributed by atoms with Crippen LogP contribution in [0.2, 0.25) is 0 Å². The number of hydrogen-bond acceptors (Lipinski definition) is 8. The van der Waals surface area contributed by atoms with Crippen molar-refractivity contribution in [3.8, 4) is 11.3 Å². The topological polar surface area (TPSA) is 91.7 Å². The van der Waals surface area contributed by atoms with E-state index in [0.29, 0.717) is 23.6 Å². The van der Waals surface area contributed by atoms with Gasteiger partial charge in [-0.1, -0.05) is 25.5 Å². The molecule has 50 heavy (non-hydrogen) atoms. The van der Waals surface area contributed by atoms with Crippen molar-refractivity contribution < 1.29 is 13.9 Å². The predicted molar refractivity (Wildman–Crippen MR) is 192 cm³/mol. The molecular formula is C39H47FN8O2. The zero-order valence-electron chi connectivity index (χ0n) is 29.2. The lowest BCUT2D eigenvalue weighted by Crippen LogP contribution is -2.59. The summed E-state index contributed by atoms with van der Waals surface area (Å²) < 4.78 is 22.5. The number of carbonyl (C=O) groups excluding carboxylic acids is 1. The third-order valence-electron chi connectivity index (χ3n) is 12.5. The molecular weight excluding hydrogens is 631 g/mol. The number of nitrogens with zero attached hydrogens (tertiary/aromatic N) is 7. The Balaban J connectivity index is 1.10. The van der Waals surface area contributed by atoms with Crippen LogP contribution in [0.25, 0.3) is 22.3 Å². The fourth-order valence-corrected chi connectivity index (χ4v) is 9.08. The number of piperidine rings is 2. The zero-order valence-corrected chi connectivity index (χ0v) is 29.2. The summed E-state index contributed by atoms with van der Waals surface area (Å²) >= 11 is 0. The Hall–Kier alpha value is -3.93. The van der Waals surface area contributed by atoms with Crippen LogP contribution >= 0.6 is 0 Å². The maximum Gasteiger partial charge on any atom is 0.238 e. The number of aromatic nitrogens is 4. The van der Waals surface area contributed by atoms with E-state index in [2.05, 4.69) is 61.6 Å². The van der Waals surface area contributed by atoms with E-state index in [9.17, 15) is 9.18 Å². The van der Waals surface area contributed by atoms with Gasteiger partial charge in [0.05, 0.1) is 54.1 Å². The fourth-order valence-electron chi connectivity index (χ4n) is 9.08. The Morgan fingerprint density at radius 2 is 1.78 bits per heavy atom. The number of hydrogen-bond donors (Lipinski definition) is 1. The van der Waals surface area contributed by atoms with Crippen molar-refractivity contribution in [1.82, 2.24) is 29.3 Å². The van der Waals surface area contributed by atoms with Crippen molar-refractivity contribution in [3.63, 3.8) is 0 Å². The van der Waals surface area contributed by atoms with E-state index in [0.717, 1.165) is 91.9 Å². The van der Waals surface area contributed by atoms with Crippen LogP contribution in [0.15, 0.2) is 49.1 Å². The van der Waals surface area contributed by atoms with E-state index < -0.39 is 11.2 Å². The Morgan fingerprint density at radius 3 is 2.50 bits per heavy atom. The van der Waals surface area contributed by atoms with Crippen molar-refractivity contribution >= 4 is 34.1 Å². The van der Waals surface area contributed by atoms with Crippen LogP contribution in [-0.4, -0.2) is 92.7 Å². The lowest BCUT2D eigenvalue weighted by molar-refractivity contribution is -0.128. The Bertz CT molecular complexity index is 1910. The van der Waals surface area contributed by atoms with Gasteiger partial charge in [-0.25, -0.2) is 14.4 Å². The highest BCUT2D eigenvalue weighted by Crippen LogP contribution is 2.52. The number of benzene rings is 1. The van der Waals surface area contributed by atoms with Gasteiger partial charge in [0.15, 0.2) is 11.6 Å². The van der Waals surface area contributed by atoms with E-state index in [1.54, 1.807) is 12.3 Å². The number of carbonyl (C=O) groups is 1. The van der Waals surface area contributed by atoms with Gasteiger partial charge in [-0.3, -0.25) is 14.7 Å². The van der Waals surface area contributed by atoms with Crippen molar-refractivity contribution in [3.05, 3.63) is 60.4 Å². The number of nitrogens with one attached hydrogen (secondary N) is 1. The summed E-state index contributed by atoms with van der Waals surface area (Å²) in [6, 6.07) is 11.6. The molecule has 4 aromatic rings. The highest BCUT2D eigenvalue weighted by atomic mass is 19.1. The third-order valence-corrected chi connectivity index (χ3v) is 12.5. The molecule has 1 aromatic carbocycles. The molecule has 1 aliphatic carbocycles. The molecule has 262 valence electrons. The fraction of sp³-hybridized carbons (Fsp3) is 0.538. The molecule has 0 radical (unpaired) electrons. The molecule has 1 saturated carbocycles. The first-order valence-electron chi connectivity index (χ1n) is 18.7. The maximum atomic E-state index is 14.9. The standard InChI is InChI=1S/C39H47FN8O2/c1-3-25(2)47-24-42-34-20-33(44-37(36(34)47)43-32-9-12-41-21-31(32)40)26-7-8-30-35(17-26)48(28-18-27(19-28)45-13-5-4-6-14-45)38(49)39(30)10-15-46(16-11-39)29-22-50-23-29/h7-9,12,17,20-21,24-25,27-29H,3-6,10-11,13-16,18-19,22-23H2,1-2H3,(H,41,43,44)/t25-,27?,28?/m0/s1. The molecule has 4 fully saturated rings. The van der Waals surface area contributed by atoms with Crippen LogP contribution in [0, 0.1) is 5.82 Å². The summed E-state index contributed by atoms with van der Waals surface area (Å²) in [7, 11) is 0. The number of fused-ring (bicyclic) bond motifs is 3. The third kappa shape index (κ3) is 5.23. The molecule has 1 N–H and O–H groups in total. The highest BCUT2D eigenvalue weighted by Gasteiger charge is 2.56. The van der Waals surface area contributed by atoms with E-state index in [1.165, 1.54) is 38.5 Å². The van der Waals surface area contributed by atoms with Gasteiger partial charge < -0.3 is 24.4 Å². The van der Waals surface area contributed by atoms with Crippen LogP contribution in [0.3, 0.4) is 0 Å². The summed E-state index contributed by atoms with van der Waals surface area (Å²) in [5, 5.41) is 3.27. The number of rotatable bonds is 8. The summed E-state index contributed by atoms with van der Waals surface area (Å²) in [4.78, 5) is 36.0. The Kier molecular flexibility index (Phi) is 8.12. The lowest BCUT2D eigenvalue weighted by atomic mass is 9.73. The number of imidazole rings is 1. The smallest absolute Gasteiger partial charge is 0.238 e. The van der Waals surface area contributed by atoms with Gasteiger partial charge >= 0.3 is 0 Å². The minimum Gasteiger partial charge on any atom is -0.378 e. The number of anilines is 3. The first kappa shape index (κ1) is 32.0. The number of ether oxygens (including phenoxy) is 1. The molecule has 3 saturated heterocycles. The summed E-state index contributed by atoms with van der Waals surface area (Å²) in [6.07, 6.45) is 13.1. The monoisotopic (exact) mass is 678 g/mol. The molecule has 3 aromatic heterocycles. The SMILES string of the molecule is CC[C@H](C)n1cnc2cc(-c3ccc4c(c3)N(C3CC(N5CCCCC5)C3)C(=O)C43CCN(C4COC4)CC3)nc(Nc3ccncc3F)c21. The maximum absolute atomic E-state index is 14.9. The summed E-state index contributed by atoms with van der Waals surface area (Å²) in [6.45, 7) is 10.1. The van der Waals surface area contributed by atoms with Crippen molar-refractivity contribution in [2.45, 2.75) is 94.8 Å². The molecule has 1 atom stereocenters. The van der Waals surface area contributed by atoms with E-state index in [1.807, 2.05) is 12.4 Å². The van der Waals surface area contributed by atoms with E-state index in [-0.39, 0.29) is 18.0 Å². The second kappa shape index (κ2) is 12.7. The first-order chi connectivity index (χ1) is 24.4. The Morgan fingerprint density at radius 1 is 1.00 bits per heavy atom. The van der Waals surface area contributed by atoms with Gasteiger partial charge in [-0.05, 0) is 102 Å². The number of pyridine rings is 2. The minimum atomic E-state index is -0.497. The molecule has 11 heteroatoms. The molecule has 1 spiro atoms. The zero-order chi connectivity index (χ0) is 34.0. The molecule has 0 unspecified atom stereocenters. The number of halogens is 1. The quantitative estimate of drug-likeness (QED) is 0.228. The number of likely N-dealkylation sites (tertiary alicyclic amines) is 2. The highest BCUT2D eigenvalue weighted by molar-refractivity contribution is 6.09. The molecule has 1 amide bonds. The number of amides is 1. The first-order valence-corrected chi connectivity index (χ1v) is 18.7. The minimum absolute atomic E-state index is 0.186. The summed E-state index contributed by atoms with van der Waals surface area (Å²) in [5.41, 5.74) is 5.29. The van der Waals surface area contributed by atoms with Gasteiger partial charge in [-0.2, -0.15) is 0 Å². The lowest BCUT2D eigenvalue weighted by Gasteiger charge is -2.48. The van der Waals surface area contributed by atoms with Gasteiger partial charge in [0, 0.05) is 35.6 Å². The molecule has 10 nitrogen and oxygen atoms in total. The van der Waals surface area contributed by atoms with E-state index >= 15 is 0 Å². The largest absolute Gasteiger partial charge is 0.378 e. The molecule has 7 heterocycles. The molecule has 5 aliphatic rings. The van der Waals surface area contributed by atoms with Gasteiger partial charge in [0.2, 0.25) is 5.91 Å². The van der Waals surface area contributed by atoms with Crippen LogP contribution in [0.4, 0.5) is 21.6 Å². The average molecular weight is 679 g/mol. The second-order valence-corrected chi connectivity index (χ2v) is 15.2. The second-order valence-electron chi connectivity index (χ2n) is 15.2. The molecule has 4 aliphatic heterocycles. The normalized spacial score (nSPS) is 24.7. The van der Waals surface area contributed by atoms with Gasteiger partial charge in [-0.15, -0.1) is 0 Å². The van der Waals surface area contributed by atoms with Crippen molar-refractivity contribution in [1.29, 1.82) is 0 Å². The summed E-state index contributed by atoms with van der Waals surface area (Å²) in [5.74, 6) is 0.377. The van der Waals surface area contributed by atoms with E-state index in [4.69, 9.17) is 14.7 Å². The van der Waals surface area contributed by atoms with Crippen molar-refractivity contribution in [2.24, 2.45) is 0 Å². The van der Waals surface area contributed by atoms with Crippen LogP contribution in [0.1, 0.15) is 76.8 Å². The van der Waals surface area contributed by atoms with Gasteiger partial charge in [0.1, 0.15) is 5.52 Å².